The van der Waals surface area contributed by atoms with Crippen LogP contribution in [0.5, 0.6) is 5.75 Å². The third-order valence-electron chi connectivity index (χ3n) is 4.15. The minimum Gasteiger partial charge on any atom is -0.494 e. The lowest BCUT2D eigenvalue weighted by Gasteiger charge is -2.11. The highest BCUT2D eigenvalue weighted by molar-refractivity contribution is 6.33. The number of aromatic nitrogens is 2. The quantitative estimate of drug-likeness (QED) is 0.520. The van der Waals surface area contributed by atoms with Crippen molar-refractivity contribution < 1.29 is 27.4 Å². The van der Waals surface area contributed by atoms with Gasteiger partial charge in [-0.15, -0.1) is 0 Å². The number of fused-ring (bicyclic) bond motifs is 1. The summed E-state index contributed by atoms with van der Waals surface area (Å²) in [5.41, 5.74) is 0.136. The van der Waals surface area contributed by atoms with Crippen LogP contribution in [-0.2, 0) is 15.7 Å². The Morgan fingerprint density at radius 1 is 1.20 bits per heavy atom. The maximum Gasteiger partial charge on any atom is 0.417 e. The largest absolute Gasteiger partial charge is 0.494 e. The number of imidazole rings is 1. The van der Waals surface area contributed by atoms with E-state index in [0.717, 1.165) is 12.3 Å². The average Bonchev–Trinajstić information content (AvgIpc) is 3.06. The molecule has 160 valence electrons. The van der Waals surface area contributed by atoms with E-state index in [4.69, 9.17) is 21.1 Å². The first-order chi connectivity index (χ1) is 14.2. The third-order valence-corrected chi connectivity index (χ3v) is 4.42. The Kier molecular flexibility index (Phi) is 6.40. The van der Waals surface area contributed by atoms with Crippen LogP contribution < -0.4 is 10.1 Å². The molecule has 3 rings (SSSR count). The van der Waals surface area contributed by atoms with Crippen molar-refractivity contribution in [1.29, 1.82) is 0 Å². The number of hydrogen-bond donors (Lipinski definition) is 1. The van der Waals surface area contributed by atoms with Crippen LogP contribution in [0.4, 0.5) is 19.0 Å². The van der Waals surface area contributed by atoms with E-state index in [9.17, 15) is 18.0 Å². The molecule has 0 unspecified atom stereocenters. The summed E-state index contributed by atoms with van der Waals surface area (Å²) in [6.45, 7) is 3.94. The number of rotatable bonds is 7. The van der Waals surface area contributed by atoms with Gasteiger partial charge in [-0.1, -0.05) is 11.6 Å². The maximum absolute atomic E-state index is 13.3. The van der Waals surface area contributed by atoms with Crippen LogP contribution in [0.1, 0.15) is 19.4 Å². The number of benzene rings is 1. The molecule has 2 heterocycles. The fourth-order valence-corrected chi connectivity index (χ4v) is 3.12. The predicted molar refractivity (Wildman–Crippen MR) is 107 cm³/mol. The fraction of sp³-hybridized carbons (Fsp3) is 0.300. The number of ether oxygens (including phenoxy) is 2. The molecule has 2 aromatic heterocycles. The summed E-state index contributed by atoms with van der Waals surface area (Å²) in [6.07, 6.45) is -3.71. The molecule has 3 aromatic rings. The number of halogens is 4. The van der Waals surface area contributed by atoms with Crippen LogP contribution in [0.2, 0.25) is 5.02 Å². The summed E-state index contributed by atoms with van der Waals surface area (Å²) in [6, 6.07) is 7.71. The van der Waals surface area contributed by atoms with E-state index in [0.29, 0.717) is 23.6 Å². The van der Waals surface area contributed by atoms with Crippen LogP contribution in [0, 0.1) is 0 Å². The van der Waals surface area contributed by atoms with Crippen molar-refractivity contribution in [2.24, 2.45) is 0 Å². The lowest BCUT2D eigenvalue weighted by Crippen LogP contribution is -2.18. The first kappa shape index (κ1) is 21.8. The lowest BCUT2D eigenvalue weighted by atomic mass is 10.1. The molecule has 0 radical (unpaired) electrons. The van der Waals surface area contributed by atoms with Crippen molar-refractivity contribution in [1.82, 2.24) is 9.38 Å². The van der Waals surface area contributed by atoms with Crippen molar-refractivity contribution >= 4 is 29.0 Å². The lowest BCUT2D eigenvalue weighted by molar-refractivity contribution is -0.141. The summed E-state index contributed by atoms with van der Waals surface area (Å²) in [5.74, 6) is 0.279. The van der Waals surface area contributed by atoms with E-state index >= 15 is 0 Å². The molecule has 0 amide bonds. The van der Waals surface area contributed by atoms with Crippen molar-refractivity contribution in [3.8, 4) is 17.0 Å². The fourth-order valence-electron chi connectivity index (χ4n) is 2.87. The van der Waals surface area contributed by atoms with Gasteiger partial charge in [-0.05, 0) is 44.2 Å². The number of carbonyl (C=O) groups excluding carboxylic acids is 1. The molecule has 0 aliphatic carbocycles. The standard InChI is InChI=1S/C20H19ClF3N3O3/c1-3-29-14-7-5-12(6-8-14)17-19(25-10-16(28)30-4-2)27-11-13(20(22,23)24)9-15(21)18(27)26-17/h5-9,11,25H,3-4,10H2,1-2H3. The van der Waals surface area contributed by atoms with Crippen LogP contribution in [-0.4, -0.2) is 35.1 Å². The van der Waals surface area contributed by atoms with E-state index in [2.05, 4.69) is 10.3 Å². The molecule has 0 aliphatic rings. The molecule has 1 N–H and O–H groups in total. The topological polar surface area (TPSA) is 64.9 Å². The number of hydrogen-bond acceptors (Lipinski definition) is 5. The Morgan fingerprint density at radius 3 is 2.50 bits per heavy atom. The van der Waals surface area contributed by atoms with Crippen LogP contribution in [0.3, 0.4) is 0 Å². The average molecular weight is 442 g/mol. The normalized spacial score (nSPS) is 11.5. The Morgan fingerprint density at radius 2 is 1.90 bits per heavy atom. The van der Waals surface area contributed by atoms with Crippen LogP contribution in [0.15, 0.2) is 36.5 Å². The highest BCUT2D eigenvalue weighted by atomic mass is 35.5. The van der Waals surface area contributed by atoms with Crippen LogP contribution >= 0.6 is 11.6 Å². The highest BCUT2D eigenvalue weighted by Crippen LogP contribution is 2.36. The Labute approximate surface area is 175 Å². The van der Waals surface area contributed by atoms with E-state index in [-0.39, 0.29) is 29.6 Å². The summed E-state index contributed by atoms with van der Waals surface area (Å²) < 4.78 is 51.4. The van der Waals surface area contributed by atoms with Gasteiger partial charge in [-0.2, -0.15) is 13.2 Å². The number of anilines is 1. The molecular formula is C20H19ClF3N3O3. The zero-order valence-electron chi connectivity index (χ0n) is 16.2. The van der Waals surface area contributed by atoms with E-state index in [1.807, 2.05) is 6.92 Å². The number of alkyl halides is 3. The number of nitrogens with one attached hydrogen (secondary N) is 1. The molecule has 0 saturated heterocycles. The smallest absolute Gasteiger partial charge is 0.417 e. The number of nitrogens with zero attached hydrogens (tertiary/aromatic N) is 2. The van der Waals surface area contributed by atoms with E-state index in [1.165, 1.54) is 4.40 Å². The first-order valence-corrected chi connectivity index (χ1v) is 9.53. The van der Waals surface area contributed by atoms with E-state index < -0.39 is 17.7 Å². The second-order valence-corrected chi connectivity index (χ2v) is 6.60. The zero-order valence-corrected chi connectivity index (χ0v) is 17.0. The third kappa shape index (κ3) is 4.62. The predicted octanol–water partition coefficient (Wildman–Crippen LogP) is 5.05. The summed E-state index contributed by atoms with van der Waals surface area (Å²) in [4.78, 5) is 16.2. The maximum atomic E-state index is 13.3. The minimum absolute atomic E-state index is 0.125. The second kappa shape index (κ2) is 8.83. The molecule has 10 heteroatoms. The molecule has 1 aromatic carbocycles. The van der Waals surface area contributed by atoms with Gasteiger partial charge in [-0.3, -0.25) is 9.20 Å². The number of carbonyl (C=O) groups is 1. The molecule has 0 aliphatic heterocycles. The van der Waals surface area contributed by atoms with Gasteiger partial charge in [0.25, 0.3) is 0 Å². The van der Waals surface area contributed by atoms with Crippen molar-refractivity contribution in [3.05, 3.63) is 47.1 Å². The van der Waals surface area contributed by atoms with Gasteiger partial charge >= 0.3 is 12.1 Å². The highest BCUT2D eigenvalue weighted by Gasteiger charge is 2.32. The van der Waals surface area contributed by atoms with Gasteiger partial charge in [0.05, 0.1) is 23.8 Å². The molecule has 6 nitrogen and oxygen atoms in total. The van der Waals surface area contributed by atoms with E-state index in [1.54, 1.807) is 31.2 Å². The molecule has 0 bridgehead atoms. The summed E-state index contributed by atoms with van der Waals surface area (Å²) >= 11 is 6.10. The summed E-state index contributed by atoms with van der Waals surface area (Å²) in [5, 5.41) is 2.67. The van der Waals surface area contributed by atoms with Gasteiger partial charge in [0, 0.05) is 11.8 Å². The molecule has 0 fully saturated rings. The number of pyridine rings is 1. The van der Waals surface area contributed by atoms with Crippen molar-refractivity contribution in [2.45, 2.75) is 20.0 Å². The molecule has 0 atom stereocenters. The Balaban J connectivity index is 2.13. The van der Waals surface area contributed by atoms with Crippen molar-refractivity contribution in [2.75, 3.05) is 25.1 Å². The van der Waals surface area contributed by atoms with Gasteiger partial charge in [-0.25, -0.2) is 4.98 Å². The summed E-state index contributed by atoms with van der Waals surface area (Å²) in [7, 11) is 0. The van der Waals surface area contributed by atoms with Crippen LogP contribution in [0.25, 0.3) is 16.9 Å². The first-order valence-electron chi connectivity index (χ1n) is 9.16. The molecule has 0 spiro atoms. The minimum atomic E-state index is -4.60. The molecule has 30 heavy (non-hydrogen) atoms. The van der Waals surface area contributed by atoms with Gasteiger partial charge in [0.15, 0.2) is 5.65 Å². The second-order valence-electron chi connectivity index (χ2n) is 6.19. The SMILES string of the molecule is CCOC(=O)CNc1c(-c2ccc(OCC)cc2)nc2c(Cl)cc(C(F)(F)F)cn12. The van der Waals surface area contributed by atoms with Gasteiger partial charge in [0.2, 0.25) is 0 Å². The Bertz CT molecular complexity index is 1050. The Hall–Kier alpha value is -2.94. The molecule has 0 saturated carbocycles. The van der Waals surface area contributed by atoms with Gasteiger partial charge < -0.3 is 14.8 Å². The number of esters is 1. The zero-order chi connectivity index (χ0) is 21.9. The molecular weight excluding hydrogens is 423 g/mol. The monoisotopic (exact) mass is 441 g/mol. The van der Waals surface area contributed by atoms with Gasteiger partial charge in [0.1, 0.15) is 23.8 Å². The van der Waals surface area contributed by atoms with Crippen molar-refractivity contribution in [3.63, 3.8) is 0 Å².